The van der Waals surface area contributed by atoms with Gasteiger partial charge in [0.2, 0.25) is 11.9 Å². The van der Waals surface area contributed by atoms with E-state index in [4.69, 9.17) is 14.5 Å². The first-order valence-corrected chi connectivity index (χ1v) is 11.3. The molecular weight excluding hydrogens is 420 g/mol. The average Bonchev–Trinajstić information content (AvgIpc) is 2.84. The van der Waals surface area contributed by atoms with Crippen molar-refractivity contribution in [3.63, 3.8) is 0 Å². The van der Waals surface area contributed by atoms with Gasteiger partial charge in [0.25, 0.3) is 0 Å². The van der Waals surface area contributed by atoms with E-state index in [0.29, 0.717) is 19.0 Å². The number of aliphatic imine (C=N–C) groups is 1. The van der Waals surface area contributed by atoms with Gasteiger partial charge in [-0.15, -0.1) is 0 Å². The van der Waals surface area contributed by atoms with Crippen LogP contribution in [0.1, 0.15) is 24.1 Å². The van der Waals surface area contributed by atoms with Crippen molar-refractivity contribution in [2.45, 2.75) is 19.9 Å². The number of methoxy groups -OCH3 is 1. The minimum Gasteiger partial charge on any atom is -0.497 e. The lowest BCUT2D eigenvalue weighted by Crippen LogP contribution is -2.57. The summed E-state index contributed by atoms with van der Waals surface area (Å²) in [5.41, 5.74) is 3.01. The van der Waals surface area contributed by atoms with Crippen LogP contribution in [0.3, 0.4) is 0 Å². The number of hydrogen-bond donors (Lipinski definition) is 1. The first kappa shape index (κ1) is 22.6. The predicted molar refractivity (Wildman–Crippen MR) is 126 cm³/mol. The normalized spacial score (nSPS) is 20.7. The van der Waals surface area contributed by atoms with E-state index in [0.717, 1.165) is 35.7 Å². The van der Waals surface area contributed by atoms with Crippen LogP contribution in [0, 0.1) is 12.8 Å². The lowest BCUT2D eigenvalue weighted by atomic mass is 9.90. The highest BCUT2D eigenvalue weighted by Crippen LogP contribution is 2.31. The number of amides is 1. The molecule has 174 valence electrons. The molecule has 8 heteroatoms. The third-order valence-electron chi connectivity index (χ3n) is 6.04. The molecule has 0 aromatic heterocycles. The molecule has 1 saturated heterocycles. The molecule has 0 radical (unpaired) electrons. The number of piperazine rings is 1. The van der Waals surface area contributed by atoms with Gasteiger partial charge in [0, 0.05) is 31.9 Å². The second kappa shape index (κ2) is 9.94. The summed E-state index contributed by atoms with van der Waals surface area (Å²) in [5.74, 6) is -0.580. The van der Waals surface area contributed by atoms with Gasteiger partial charge in [0.15, 0.2) is 5.92 Å². The topological polar surface area (TPSA) is 83.5 Å². The summed E-state index contributed by atoms with van der Waals surface area (Å²) >= 11 is 0. The first-order chi connectivity index (χ1) is 16.0. The quantitative estimate of drug-likeness (QED) is 0.557. The Balaban J connectivity index is 1.54. The summed E-state index contributed by atoms with van der Waals surface area (Å²) < 4.78 is 10.4. The molecule has 0 aliphatic carbocycles. The van der Waals surface area contributed by atoms with E-state index in [2.05, 4.69) is 15.1 Å². The number of guanidine groups is 1. The number of benzene rings is 2. The van der Waals surface area contributed by atoms with Gasteiger partial charge < -0.3 is 19.3 Å². The number of nitrogens with one attached hydrogen (secondary N) is 1. The van der Waals surface area contributed by atoms with Crippen molar-refractivity contribution in [2.24, 2.45) is 10.9 Å². The summed E-state index contributed by atoms with van der Waals surface area (Å²) in [7, 11) is 1.66. The van der Waals surface area contributed by atoms with Crippen LogP contribution >= 0.6 is 0 Å². The van der Waals surface area contributed by atoms with Crippen molar-refractivity contribution in [3.8, 4) is 5.75 Å². The van der Waals surface area contributed by atoms with Crippen molar-refractivity contribution >= 4 is 23.5 Å². The van der Waals surface area contributed by atoms with Gasteiger partial charge in [-0.3, -0.25) is 14.9 Å². The Morgan fingerprint density at radius 2 is 1.79 bits per heavy atom. The third-order valence-corrected chi connectivity index (χ3v) is 6.04. The highest BCUT2D eigenvalue weighted by molar-refractivity contribution is 6.08. The van der Waals surface area contributed by atoms with Crippen molar-refractivity contribution in [1.29, 1.82) is 0 Å². The van der Waals surface area contributed by atoms with Crippen molar-refractivity contribution in [1.82, 2.24) is 10.2 Å². The van der Waals surface area contributed by atoms with E-state index in [1.54, 1.807) is 14.0 Å². The van der Waals surface area contributed by atoms with Crippen LogP contribution < -0.4 is 15.0 Å². The number of carbonyl (C=O) groups is 2. The molecule has 0 unspecified atom stereocenters. The lowest BCUT2D eigenvalue weighted by molar-refractivity contribution is -0.153. The zero-order chi connectivity index (χ0) is 23.4. The monoisotopic (exact) mass is 450 g/mol. The number of anilines is 1. The number of hydrogen-bond acceptors (Lipinski definition) is 7. The molecule has 1 N–H and O–H groups in total. The summed E-state index contributed by atoms with van der Waals surface area (Å²) in [4.78, 5) is 34.9. The van der Waals surface area contributed by atoms with Gasteiger partial charge in [-0.05, 0) is 43.7 Å². The Morgan fingerprint density at radius 1 is 1.09 bits per heavy atom. The largest absolute Gasteiger partial charge is 0.497 e. The van der Waals surface area contributed by atoms with Crippen LogP contribution in [0.15, 0.2) is 53.5 Å². The molecule has 4 rings (SSSR count). The van der Waals surface area contributed by atoms with E-state index < -0.39 is 17.9 Å². The first-order valence-electron chi connectivity index (χ1n) is 11.3. The van der Waals surface area contributed by atoms with Gasteiger partial charge >= 0.3 is 5.97 Å². The van der Waals surface area contributed by atoms with E-state index >= 15 is 0 Å². The van der Waals surface area contributed by atoms with Gasteiger partial charge in [-0.25, -0.2) is 4.99 Å². The van der Waals surface area contributed by atoms with Crippen LogP contribution in [-0.2, 0) is 14.3 Å². The number of nitrogens with zero attached hydrogens (tertiary/aromatic N) is 3. The zero-order valence-corrected chi connectivity index (χ0v) is 19.3. The predicted octanol–water partition coefficient (Wildman–Crippen LogP) is 2.53. The Bertz CT molecular complexity index is 1030. The molecule has 0 saturated carbocycles. The molecular formula is C25H30N4O4. The lowest BCUT2D eigenvalue weighted by Gasteiger charge is -2.39. The minimum absolute atomic E-state index is 0.215. The fraction of sp³-hybridized carbons (Fsp3) is 0.400. The molecule has 2 aromatic rings. The highest BCUT2D eigenvalue weighted by Gasteiger charge is 2.42. The molecule has 2 atom stereocenters. The zero-order valence-electron chi connectivity index (χ0n) is 19.3. The number of rotatable bonds is 5. The maximum atomic E-state index is 13.0. The van der Waals surface area contributed by atoms with Crippen LogP contribution in [0.4, 0.5) is 5.69 Å². The number of carbonyl (C=O) groups excluding carboxylic acids is 2. The minimum atomic E-state index is -1.00. The van der Waals surface area contributed by atoms with Gasteiger partial charge in [-0.1, -0.05) is 29.8 Å². The van der Waals surface area contributed by atoms with Crippen molar-refractivity contribution in [3.05, 3.63) is 59.7 Å². The maximum absolute atomic E-state index is 13.0. The summed E-state index contributed by atoms with van der Waals surface area (Å²) in [6.45, 7) is 6.92. The van der Waals surface area contributed by atoms with Gasteiger partial charge in [0.05, 0.1) is 13.7 Å². The molecule has 2 aliphatic heterocycles. The molecule has 2 aliphatic rings. The van der Waals surface area contributed by atoms with Crippen LogP contribution in [0.2, 0.25) is 0 Å². The van der Waals surface area contributed by atoms with Crippen molar-refractivity contribution < 1.29 is 19.1 Å². The molecule has 1 amide bonds. The second-order valence-corrected chi connectivity index (χ2v) is 8.20. The number of aryl methyl sites for hydroxylation is 1. The van der Waals surface area contributed by atoms with E-state index in [9.17, 15) is 9.59 Å². The van der Waals surface area contributed by atoms with Gasteiger partial charge in [-0.2, -0.15) is 0 Å². The smallest absolute Gasteiger partial charge is 0.321 e. The molecule has 33 heavy (non-hydrogen) atoms. The number of esters is 1. The van der Waals surface area contributed by atoms with Crippen LogP contribution in [0.5, 0.6) is 5.75 Å². The maximum Gasteiger partial charge on any atom is 0.321 e. The molecule has 2 heterocycles. The summed E-state index contributed by atoms with van der Waals surface area (Å²) in [6, 6.07) is 15.2. The van der Waals surface area contributed by atoms with E-state index in [1.165, 1.54) is 0 Å². The molecule has 1 fully saturated rings. The fourth-order valence-corrected chi connectivity index (χ4v) is 4.29. The molecule has 8 nitrogen and oxygen atoms in total. The Morgan fingerprint density at radius 3 is 2.42 bits per heavy atom. The number of ether oxygens (including phenoxy) is 2. The van der Waals surface area contributed by atoms with Crippen molar-refractivity contribution in [2.75, 3.05) is 44.8 Å². The second-order valence-electron chi connectivity index (χ2n) is 8.20. The fourth-order valence-electron chi connectivity index (χ4n) is 4.29. The molecule has 2 aromatic carbocycles. The summed E-state index contributed by atoms with van der Waals surface area (Å²) in [5, 5.41) is 2.86. The Hall–Kier alpha value is -3.55. The highest BCUT2D eigenvalue weighted by atomic mass is 16.5. The molecule has 0 spiro atoms. The van der Waals surface area contributed by atoms with Crippen LogP contribution in [-0.4, -0.2) is 62.6 Å². The van der Waals surface area contributed by atoms with E-state index in [1.807, 2.05) is 55.5 Å². The summed E-state index contributed by atoms with van der Waals surface area (Å²) in [6.07, 6.45) is 0. The standard InChI is InChI=1S/C25H30N4O4/c1-4-33-24(31)21-22(18-7-5-6-17(2)16-18)26-25(27-23(21)30)29-14-12-28(13-15-29)19-8-10-20(32-3)11-9-19/h5-11,16,21-22H,4,12-15H2,1-3H3,(H,26,27,30)/t21-,22-/m1/s1. The van der Waals surface area contributed by atoms with E-state index in [-0.39, 0.29) is 12.5 Å². The Kier molecular flexibility index (Phi) is 6.82. The van der Waals surface area contributed by atoms with Gasteiger partial charge in [0.1, 0.15) is 11.8 Å². The Labute approximate surface area is 194 Å². The third kappa shape index (κ3) is 4.94. The average molecular weight is 451 g/mol. The molecule has 0 bridgehead atoms. The van der Waals surface area contributed by atoms with Crippen LogP contribution in [0.25, 0.3) is 0 Å². The SMILES string of the molecule is CCOC(=O)[C@H]1C(=O)NC(N2CCN(c3ccc(OC)cc3)CC2)=N[C@@H]1c1cccc(C)c1.